The number of esters is 2. The SMILES string of the molecule is C/C1=C\C(=O)O[C@@H]2CCN3CC[C@H](COC(=O)[C@](C)(O)[C@H](C)C1)[C@H]23. The lowest BCUT2D eigenvalue weighted by atomic mass is 9.85. The molecule has 6 heteroatoms. The van der Waals surface area contributed by atoms with Crippen molar-refractivity contribution in [3.05, 3.63) is 11.6 Å². The van der Waals surface area contributed by atoms with Crippen molar-refractivity contribution in [1.29, 1.82) is 0 Å². The number of cyclic esters (lactones) is 1. The Kier molecular flexibility index (Phi) is 4.71. The third-order valence-electron chi connectivity index (χ3n) is 5.83. The normalized spacial score (nSPS) is 43.6. The van der Waals surface area contributed by atoms with E-state index in [2.05, 4.69) is 4.90 Å². The van der Waals surface area contributed by atoms with E-state index < -0.39 is 11.6 Å². The zero-order valence-electron chi connectivity index (χ0n) is 14.7. The molecule has 6 nitrogen and oxygen atoms in total. The van der Waals surface area contributed by atoms with Crippen LogP contribution in [0.2, 0.25) is 0 Å². The van der Waals surface area contributed by atoms with Crippen LogP contribution in [0.1, 0.15) is 40.0 Å². The molecule has 0 spiro atoms. The summed E-state index contributed by atoms with van der Waals surface area (Å²) >= 11 is 0. The van der Waals surface area contributed by atoms with E-state index in [4.69, 9.17) is 9.47 Å². The molecule has 5 atom stereocenters. The Bertz CT molecular complexity index is 556. The number of nitrogens with zero attached hydrogens (tertiary/aromatic N) is 1. The highest BCUT2D eigenvalue weighted by atomic mass is 16.6. The number of ether oxygens (including phenoxy) is 2. The molecule has 0 bridgehead atoms. The van der Waals surface area contributed by atoms with Gasteiger partial charge in [0.05, 0.1) is 12.6 Å². The van der Waals surface area contributed by atoms with Crippen LogP contribution in [-0.2, 0) is 19.1 Å². The van der Waals surface area contributed by atoms with Gasteiger partial charge in [0.25, 0.3) is 0 Å². The Morgan fingerprint density at radius 3 is 2.75 bits per heavy atom. The number of rotatable bonds is 0. The first-order valence-electron chi connectivity index (χ1n) is 8.80. The Morgan fingerprint density at radius 2 is 2.00 bits per heavy atom. The molecular formula is C18H27NO5. The average Bonchev–Trinajstić information content (AvgIpc) is 3.06. The molecule has 1 N–H and O–H groups in total. The van der Waals surface area contributed by atoms with E-state index >= 15 is 0 Å². The second kappa shape index (κ2) is 6.48. The molecule has 3 aliphatic rings. The number of carbonyl (C=O) groups excluding carboxylic acids is 2. The topological polar surface area (TPSA) is 76.1 Å². The van der Waals surface area contributed by atoms with Crippen LogP contribution < -0.4 is 0 Å². The molecule has 0 amide bonds. The highest BCUT2D eigenvalue weighted by Crippen LogP contribution is 2.36. The van der Waals surface area contributed by atoms with Gasteiger partial charge in [0.2, 0.25) is 0 Å². The molecular weight excluding hydrogens is 310 g/mol. The third kappa shape index (κ3) is 3.22. The quantitative estimate of drug-likeness (QED) is 0.671. The number of hydrogen-bond acceptors (Lipinski definition) is 6. The summed E-state index contributed by atoms with van der Waals surface area (Å²) in [6, 6.07) is 0.110. The van der Waals surface area contributed by atoms with E-state index in [9.17, 15) is 14.7 Å². The van der Waals surface area contributed by atoms with Gasteiger partial charge in [-0.2, -0.15) is 0 Å². The van der Waals surface area contributed by atoms with Gasteiger partial charge in [-0.3, -0.25) is 4.90 Å². The summed E-state index contributed by atoms with van der Waals surface area (Å²) < 4.78 is 11.2. The van der Waals surface area contributed by atoms with Crippen molar-refractivity contribution in [3.63, 3.8) is 0 Å². The van der Waals surface area contributed by atoms with Crippen LogP contribution in [0.4, 0.5) is 0 Å². The van der Waals surface area contributed by atoms with Crippen LogP contribution in [0.15, 0.2) is 11.6 Å². The molecule has 0 aromatic heterocycles. The first-order chi connectivity index (χ1) is 11.3. The van der Waals surface area contributed by atoms with E-state index in [1.807, 2.05) is 6.92 Å². The third-order valence-corrected chi connectivity index (χ3v) is 5.83. The zero-order chi connectivity index (χ0) is 17.5. The fourth-order valence-electron chi connectivity index (χ4n) is 4.18. The fourth-order valence-corrected chi connectivity index (χ4v) is 4.18. The minimum Gasteiger partial charge on any atom is -0.463 e. The van der Waals surface area contributed by atoms with Crippen molar-refractivity contribution in [3.8, 4) is 0 Å². The summed E-state index contributed by atoms with van der Waals surface area (Å²) in [7, 11) is 0. The number of hydrogen-bond donors (Lipinski definition) is 1. The number of allylic oxidation sites excluding steroid dienone is 1. The van der Waals surface area contributed by atoms with Crippen LogP contribution >= 0.6 is 0 Å². The molecule has 2 saturated heterocycles. The minimum absolute atomic E-state index is 0.110. The van der Waals surface area contributed by atoms with Crippen LogP contribution in [0, 0.1) is 11.8 Å². The van der Waals surface area contributed by atoms with E-state index in [0.717, 1.165) is 31.5 Å². The number of carbonyl (C=O) groups is 2. The summed E-state index contributed by atoms with van der Waals surface area (Å²) in [5.74, 6) is -1.12. The Labute approximate surface area is 142 Å². The van der Waals surface area contributed by atoms with Crippen molar-refractivity contribution in [2.45, 2.75) is 57.8 Å². The molecule has 24 heavy (non-hydrogen) atoms. The lowest BCUT2D eigenvalue weighted by Gasteiger charge is -2.29. The first-order valence-corrected chi connectivity index (χ1v) is 8.80. The van der Waals surface area contributed by atoms with Gasteiger partial charge in [-0.25, -0.2) is 9.59 Å². The number of aliphatic hydroxyl groups is 1. The summed E-state index contributed by atoms with van der Waals surface area (Å²) in [4.78, 5) is 26.9. The van der Waals surface area contributed by atoms with Crippen molar-refractivity contribution >= 4 is 11.9 Å². The highest BCUT2D eigenvalue weighted by molar-refractivity contribution is 5.83. The maximum absolute atomic E-state index is 12.4. The van der Waals surface area contributed by atoms with Crippen LogP contribution in [-0.4, -0.2) is 59.4 Å². The molecule has 2 fully saturated rings. The van der Waals surface area contributed by atoms with E-state index in [1.165, 1.54) is 13.0 Å². The van der Waals surface area contributed by atoms with Gasteiger partial charge in [0.15, 0.2) is 5.60 Å². The Hall–Kier alpha value is -1.40. The average molecular weight is 337 g/mol. The molecule has 0 aromatic carbocycles. The van der Waals surface area contributed by atoms with Gasteiger partial charge >= 0.3 is 11.9 Å². The summed E-state index contributed by atoms with van der Waals surface area (Å²) in [5.41, 5.74) is -0.780. The first kappa shape index (κ1) is 17.4. The lowest BCUT2D eigenvalue weighted by Crippen LogP contribution is -2.44. The van der Waals surface area contributed by atoms with Crippen molar-refractivity contribution in [2.24, 2.45) is 11.8 Å². The predicted molar refractivity (Wildman–Crippen MR) is 87.1 cm³/mol. The smallest absolute Gasteiger partial charge is 0.338 e. The largest absolute Gasteiger partial charge is 0.463 e. The molecule has 3 aliphatic heterocycles. The van der Waals surface area contributed by atoms with Gasteiger partial charge in [-0.05, 0) is 45.6 Å². The Morgan fingerprint density at radius 1 is 1.29 bits per heavy atom. The van der Waals surface area contributed by atoms with Gasteiger partial charge < -0.3 is 14.6 Å². The molecule has 0 radical (unpaired) electrons. The highest BCUT2D eigenvalue weighted by Gasteiger charge is 2.47. The van der Waals surface area contributed by atoms with Gasteiger partial charge in [0, 0.05) is 18.5 Å². The monoisotopic (exact) mass is 337 g/mol. The molecule has 0 unspecified atom stereocenters. The van der Waals surface area contributed by atoms with E-state index in [-0.39, 0.29) is 36.6 Å². The van der Waals surface area contributed by atoms with Crippen molar-refractivity contribution in [2.75, 3.05) is 19.7 Å². The van der Waals surface area contributed by atoms with Gasteiger partial charge in [0.1, 0.15) is 6.10 Å². The van der Waals surface area contributed by atoms with Crippen molar-refractivity contribution < 1.29 is 24.2 Å². The lowest BCUT2D eigenvalue weighted by molar-refractivity contribution is -0.171. The van der Waals surface area contributed by atoms with Crippen LogP contribution in [0.5, 0.6) is 0 Å². The summed E-state index contributed by atoms with van der Waals surface area (Å²) in [5, 5.41) is 10.6. The fraction of sp³-hybridized carbons (Fsp3) is 0.778. The molecule has 134 valence electrons. The van der Waals surface area contributed by atoms with E-state index in [0.29, 0.717) is 6.42 Å². The van der Waals surface area contributed by atoms with Gasteiger partial charge in [-0.15, -0.1) is 0 Å². The predicted octanol–water partition coefficient (Wildman–Crippen LogP) is 1.27. The molecule has 3 rings (SSSR count). The molecule has 0 saturated carbocycles. The Balaban J connectivity index is 1.86. The zero-order valence-corrected chi connectivity index (χ0v) is 14.7. The van der Waals surface area contributed by atoms with Crippen LogP contribution in [0.25, 0.3) is 0 Å². The standard InChI is InChI=1S/C18H27NO5/c1-11-8-12(2)18(3,22)17(21)23-10-13-4-6-19-7-5-14(16(13)19)24-15(20)9-11/h9,12-14,16,22H,4-8,10H2,1-3H3/b11-9+/t12-,13-,14-,16-,18-/m1/s1. The van der Waals surface area contributed by atoms with Crippen molar-refractivity contribution in [1.82, 2.24) is 4.90 Å². The van der Waals surface area contributed by atoms with E-state index in [1.54, 1.807) is 6.92 Å². The summed E-state index contributed by atoms with van der Waals surface area (Å²) in [6.45, 7) is 7.20. The molecule has 0 aromatic rings. The van der Waals surface area contributed by atoms with Crippen LogP contribution in [0.3, 0.4) is 0 Å². The molecule has 3 heterocycles. The molecule has 0 aliphatic carbocycles. The second-order valence-corrected chi connectivity index (χ2v) is 7.68. The second-order valence-electron chi connectivity index (χ2n) is 7.68. The van der Waals surface area contributed by atoms with Gasteiger partial charge in [-0.1, -0.05) is 12.5 Å². The summed E-state index contributed by atoms with van der Waals surface area (Å²) in [6.07, 6.45) is 3.51. The maximum atomic E-state index is 12.4. The minimum atomic E-state index is -1.57. The maximum Gasteiger partial charge on any atom is 0.338 e.